The monoisotopic (exact) mass is 312 g/mol. The predicted molar refractivity (Wildman–Crippen MR) is 67.7 cm³/mol. The van der Waals surface area contributed by atoms with E-state index in [9.17, 15) is 4.79 Å². The van der Waals surface area contributed by atoms with E-state index >= 15 is 0 Å². The van der Waals surface area contributed by atoms with E-state index in [1.54, 1.807) is 0 Å². The summed E-state index contributed by atoms with van der Waals surface area (Å²) < 4.78 is 6.25. The van der Waals surface area contributed by atoms with Crippen molar-refractivity contribution < 1.29 is 9.53 Å². The number of alkyl halides is 1. The highest BCUT2D eigenvalue weighted by Crippen LogP contribution is 2.15. The molecule has 2 nitrogen and oxygen atoms in total. The number of ether oxygens (including phenoxy) is 1. The highest BCUT2D eigenvalue weighted by Gasteiger charge is 2.16. The molecule has 0 saturated carbocycles. The van der Waals surface area contributed by atoms with E-state index in [0.717, 1.165) is 23.7 Å². The molecule has 0 N–H and O–H groups in total. The number of rotatable bonds is 7. The first-order valence-electron chi connectivity index (χ1n) is 5.37. The van der Waals surface area contributed by atoms with Crippen LogP contribution in [0.25, 0.3) is 0 Å². The number of hydrogen-bond acceptors (Lipinski definition) is 2. The van der Waals surface area contributed by atoms with Gasteiger partial charge in [-0.05, 0) is 12.3 Å². The van der Waals surface area contributed by atoms with Crippen LogP contribution in [0.2, 0.25) is 0 Å². The second kappa shape index (κ2) is 8.50. The normalized spacial score (nSPS) is 12.9. The maximum Gasteiger partial charge on any atom is 0.306 e. The molecule has 1 unspecified atom stereocenters. The lowest BCUT2D eigenvalue weighted by atomic mass is 10.0. The zero-order chi connectivity index (χ0) is 11.0. The average Bonchev–Trinajstić information content (AvgIpc) is 2.12. The van der Waals surface area contributed by atoms with Gasteiger partial charge in [-0.25, -0.2) is 0 Å². The summed E-state index contributed by atoms with van der Waals surface area (Å²) in [6.45, 7) is 6.37. The molecule has 0 aromatic heterocycles. The lowest BCUT2D eigenvalue weighted by Crippen LogP contribution is -2.23. The van der Waals surface area contributed by atoms with Crippen molar-refractivity contribution in [2.24, 2.45) is 5.92 Å². The topological polar surface area (TPSA) is 26.3 Å². The fourth-order valence-corrected chi connectivity index (χ4v) is 1.68. The minimum Gasteiger partial charge on any atom is -0.462 e. The Labute approximate surface area is 101 Å². The van der Waals surface area contributed by atoms with Gasteiger partial charge in [-0.3, -0.25) is 4.79 Å². The zero-order valence-electron chi connectivity index (χ0n) is 9.38. The van der Waals surface area contributed by atoms with Crippen molar-refractivity contribution in [2.75, 3.05) is 4.43 Å². The molecule has 0 aliphatic rings. The van der Waals surface area contributed by atoms with Crippen molar-refractivity contribution in [3.05, 3.63) is 0 Å². The van der Waals surface area contributed by atoms with Gasteiger partial charge >= 0.3 is 5.97 Å². The number of carbonyl (C=O) groups excluding carboxylic acids is 1. The Morgan fingerprint density at radius 2 is 2.07 bits per heavy atom. The summed E-state index contributed by atoms with van der Waals surface area (Å²) in [4.78, 5) is 11.3. The number of unbranched alkanes of at least 4 members (excludes halogenated alkanes) is 1. The standard InChI is InChI=1S/C11H21IO2/c1-4-5-6-10(9(2)3)14-11(13)7-8-12/h9-10H,4-8H2,1-3H3. The second-order valence-corrected chi connectivity index (χ2v) is 4.93. The molecule has 0 spiro atoms. The molecular formula is C11H21IO2. The Bertz CT molecular complexity index is 157. The third-order valence-corrected chi connectivity index (χ3v) is 2.71. The van der Waals surface area contributed by atoms with E-state index in [4.69, 9.17) is 4.74 Å². The van der Waals surface area contributed by atoms with E-state index in [0.29, 0.717) is 12.3 Å². The van der Waals surface area contributed by atoms with E-state index in [-0.39, 0.29) is 12.1 Å². The number of halogens is 1. The van der Waals surface area contributed by atoms with Gasteiger partial charge in [-0.2, -0.15) is 0 Å². The van der Waals surface area contributed by atoms with Crippen LogP contribution in [0.4, 0.5) is 0 Å². The molecule has 0 aliphatic carbocycles. The van der Waals surface area contributed by atoms with Gasteiger partial charge in [0.1, 0.15) is 6.10 Å². The van der Waals surface area contributed by atoms with Gasteiger partial charge in [0, 0.05) is 4.43 Å². The maximum absolute atomic E-state index is 11.3. The van der Waals surface area contributed by atoms with E-state index in [2.05, 4.69) is 43.4 Å². The van der Waals surface area contributed by atoms with Crippen LogP contribution in [-0.4, -0.2) is 16.5 Å². The first-order chi connectivity index (χ1) is 6.61. The Hall–Kier alpha value is 0.200. The molecule has 0 amide bonds. The first-order valence-corrected chi connectivity index (χ1v) is 6.89. The summed E-state index contributed by atoms with van der Waals surface area (Å²) in [6, 6.07) is 0. The predicted octanol–water partition coefficient (Wildman–Crippen LogP) is 3.57. The molecule has 0 aliphatic heterocycles. The molecule has 0 rings (SSSR count). The van der Waals surface area contributed by atoms with E-state index in [1.165, 1.54) is 0 Å². The SMILES string of the molecule is CCCCC(OC(=O)CCI)C(C)C. The molecule has 14 heavy (non-hydrogen) atoms. The highest BCUT2D eigenvalue weighted by molar-refractivity contribution is 14.1. The van der Waals surface area contributed by atoms with Crippen LogP contribution in [-0.2, 0) is 9.53 Å². The van der Waals surface area contributed by atoms with Crippen molar-refractivity contribution in [1.82, 2.24) is 0 Å². The smallest absolute Gasteiger partial charge is 0.306 e. The minimum atomic E-state index is -0.0470. The van der Waals surface area contributed by atoms with E-state index in [1.807, 2.05) is 0 Å². The van der Waals surface area contributed by atoms with Gasteiger partial charge < -0.3 is 4.74 Å². The molecule has 0 heterocycles. The average molecular weight is 312 g/mol. The van der Waals surface area contributed by atoms with Crippen LogP contribution in [0, 0.1) is 5.92 Å². The first kappa shape index (κ1) is 14.2. The molecule has 1 atom stereocenters. The summed E-state index contributed by atoms with van der Waals surface area (Å²) in [6.07, 6.45) is 3.95. The van der Waals surface area contributed by atoms with Crippen molar-refractivity contribution in [3.8, 4) is 0 Å². The van der Waals surface area contributed by atoms with Crippen molar-refractivity contribution in [3.63, 3.8) is 0 Å². The third kappa shape index (κ3) is 6.62. The largest absolute Gasteiger partial charge is 0.462 e. The second-order valence-electron chi connectivity index (χ2n) is 3.85. The molecule has 3 heteroatoms. The number of esters is 1. The summed E-state index contributed by atoms with van der Waals surface area (Å²) in [5, 5.41) is 0. The van der Waals surface area contributed by atoms with Crippen LogP contribution in [0.1, 0.15) is 46.5 Å². The Balaban J connectivity index is 3.89. The maximum atomic E-state index is 11.3. The molecule has 0 fully saturated rings. The van der Waals surface area contributed by atoms with Gasteiger partial charge in [0.25, 0.3) is 0 Å². The van der Waals surface area contributed by atoms with E-state index < -0.39 is 0 Å². The third-order valence-electron chi connectivity index (χ3n) is 2.17. The minimum absolute atomic E-state index is 0.0470. The van der Waals surface area contributed by atoms with Crippen molar-refractivity contribution in [1.29, 1.82) is 0 Å². The molecule has 0 aromatic rings. The van der Waals surface area contributed by atoms with Crippen molar-refractivity contribution in [2.45, 2.75) is 52.6 Å². The van der Waals surface area contributed by atoms with Gasteiger partial charge in [-0.15, -0.1) is 0 Å². The van der Waals surface area contributed by atoms with Crippen LogP contribution in [0.15, 0.2) is 0 Å². The molecule has 84 valence electrons. The lowest BCUT2D eigenvalue weighted by molar-refractivity contribution is -0.151. The fraction of sp³-hybridized carbons (Fsp3) is 0.909. The summed E-state index contributed by atoms with van der Waals surface area (Å²) >= 11 is 2.19. The van der Waals surface area contributed by atoms with Gasteiger partial charge in [0.05, 0.1) is 6.42 Å². The number of hydrogen-bond donors (Lipinski definition) is 0. The van der Waals surface area contributed by atoms with Crippen LogP contribution >= 0.6 is 22.6 Å². The Kier molecular flexibility index (Phi) is 8.63. The van der Waals surface area contributed by atoms with Crippen LogP contribution in [0.5, 0.6) is 0 Å². The van der Waals surface area contributed by atoms with Gasteiger partial charge in [0.15, 0.2) is 0 Å². The van der Waals surface area contributed by atoms with Crippen molar-refractivity contribution >= 4 is 28.6 Å². The lowest BCUT2D eigenvalue weighted by Gasteiger charge is -2.21. The fourth-order valence-electron chi connectivity index (χ4n) is 1.24. The quantitative estimate of drug-likeness (QED) is 0.408. The highest BCUT2D eigenvalue weighted by atomic mass is 127. The summed E-state index contributed by atoms with van der Waals surface area (Å²) in [5.74, 6) is 0.383. The Morgan fingerprint density at radius 1 is 1.43 bits per heavy atom. The summed E-state index contributed by atoms with van der Waals surface area (Å²) in [7, 11) is 0. The molecule has 0 bridgehead atoms. The Morgan fingerprint density at radius 3 is 2.50 bits per heavy atom. The van der Waals surface area contributed by atoms with Gasteiger partial charge in [-0.1, -0.05) is 56.2 Å². The zero-order valence-corrected chi connectivity index (χ0v) is 11.5. The van der Waals surface area contributed by atoms with Crippen LogP contribution < -0.4 is 0 Å². The number of carbonyl (C=O) groups is 1. The van der Waals surface area contributed by atoms with Gasteiger partial charge in [0.2, 0.25) is 0 Å². The molecule has 0 saturated heterocycles. The molecule has 0 radical (unpaired) electrons. The molecule has 0 aromatic carbocycles. The summed E-state index contributed by atoms with van der Waals surface area (Å²) in [5.41, 5.74) is 0. The molecular weight excluding hydrogens is 291 g/mol. The van der Waals surface area contributed by atoms with Crippen LogP contribution in [0.3, 0.4) is 0 Å².